The van der Waals surface area contributed by atoms with Gasteiger partial charge in [0.1, 0.15) is 11.9 Å². The Morgan fingerprint density at radius 2 is 1.94 bits per heavy atom. The Labute approximate surface area is 100 Å². The van der Waals surface area contributed by atoms with Crippen LogP contribution in [0.1, 0.15) is 34.1 Å². The zero-order valence-corrected chi connectivity index (χ0v) is 10.5. The summed E-state index contributed by atoms with van der Waals surface area (Å²) >= 11 is 0. The molecule has 1 amide bonds. The van der Waals surface area contributed by atoms with Crippen LogP contribution in [0.15, 0.2) is 0 Å². The number of carboxylic acids is 1. The van der Waals surface area contributed by atoms with Crippen LogP contribution in [-0.4, -0.2) is 35.1 Å². The van der Waals surface area contributed by atoms with E-state index in [1.807, 2.05) is 0 Å². The van der Waals surface area contributed by atoms with Crippen molar-refractivity contribution in [3.8, 4) is 0 Å². The molecule has 0 radical (unpaired) electrons. The summed E-state index contributed by atoms with van der Waals surface area (Å²) in [5.74, 6) is -1.51. The van der Waals surface area contributed by atoms with Crippen molar-refractivity contribution in [3.63, 3.8) is 0 Å². The van der Waals surface area contributed by atoms with Gasteiger partial charge in [0.15, 0.2) is 0 Å². The lowest BCUT2D eigenvalue weighted by Gasteiger charge is -2.23. The van der Waals surface area contributed by atoms with Crippen LogP contribution < -0.4 is 5.32 Å². The fraction of sp³-hybridized carbons (Fsp3) is 0.727. The van der Waals surface area contributed by atoms with Crippen LogP contribution in [0.2, 0.25) is 0 Å². The Kier molecular flexibility index (Phi) is 5.64. The maximum Gasteiger partial charge on any atom is 0.408 e. The summed E-state index contributed by atoms with van der Waals surface area (Å²) in [6, 6.07) is -0.860. The van der Waals surface area contributed by atoms with Crippen LogP contribution >= 0.6 is 0 Å². The average Bonchev–Trinajstić information content (AvgIpc) is 2.09. The molecule has 0 spiro atoms. The molecule has 0 saturated carbocycles. The number of rotatable bonds is 5. The van der Waals surface area contributed by atoms with Gasteiger partial charge in [-0.3, -0.25) is 4.79 Å². The number of aldehydes is 1. The van der Waals surface area contributed by atoms with Crippen LogP contribution in [0, 0.1) is 5.92 Å². The van der Waals surface area contributed by atoms with Gasteiger partial charge >= 0.3 is 12.1 Å². The maximum atomic E-state index is 11.4. The highest BCUT2D eigenvalue weighted by molar-refractivity contribution is 5.74. The summed E-state index contributed by atoms with van der Waals surface area (Å²) in [5.41, 5.74) is -0.659. The number of alkyl carbamates (subject to hydrolysis) is 1. The minimum Gasteiger partial charge on any atom is -0.481 e. The summed E-state index contributed by atoms with van der Waals surface area (Å²) in [6.45, 7) is 6.67. The largest absolute Gasteiger partial charge is 0.481 e. The van der Waals surface area contributed by atoms with Gasteiger partial charge in [0.05, 0.1) is 12.5 Å². The molecular weight excluding hydrogens is 226 g/mol. The first-order valence-corrected chi connectivity index (χ1v) is 5.32. The predicted octanol–water partition coefficient (Wildman–Crippen LogP) is 1.19. The molecule has 0 saturated heterocycles. The second kappa shape index (κ2) is 6.22. The number of nitrogens with one attached hydrogen (secondary N) is 1. The molecule has 6 nitrogen and oxygen atoms in total. The fourth-order valence-corrected chi connectivity index (χ4v) is 1.16. The maximum absolute atomic E-state index is 11.4. The number of carboxylic acid groups (broad SMARTS) is 1. The number of hydrogen-bond acceptors (Lipinski definition) is 4. The molecule has 0 heterocycles. The van der Waals surface area contributed by atoms with E-state index in [1.54, 1.807) is 27.7 Å². The van der Waals surface area contributed by atoms with Crippen LogP contribution in [0.3, 0.4) is 0 Å². The lowest BCUT2D eigenvalue weighted by Crippen LogP contribution is -2.43. The highest BCUT2D eigenvalue weighted by Gasteiger charge is 2.24. The van der Waals surface area contributed by atoms with Gasteiger partial charge in [-0.25, -0.2) is 4.79 Å². The number of amides is 1. The highest BCUT2D eigenvalue weighted by atomic mass is 16.6. The molecule has 0 fully saturated rings. The Morgan fingerprint density at radius 3 is 2.29 bits per heavy atom. The summed E-state index contributed by atoms with van der Waals surface area (Å²) < 4.78 is 4.97. The second-order valence-electron chi connectivity index (χ2n) is 4.88. The van der Waals surface area contributed by atoms with Crippen molar-refractivity contribution < 1.29 is 24.2 Å². The van der Waals surface area contributed by atoms with Gasteiger partial charge in [-0.1, -0.05) is 6.92 Å². The van der Waals surface area contributed by atoms with Crippen molar-refractivity contribution in [2.75, 3.05) is 0 Å². The molecular formula is C11H19NO5. The smallest absolute Gasteiger partial charge is 0.408 e. The summed E-state index contributed by atoms with van der Waals surface area (Å²) in [7, 11) is 0. The Morgan fingerprint density at radius 1 is 1.41 bits per heavy atom. The van der Waals surface area contributed by atoms with E-state index >= 15 is 0 Å². The van der Waals surface area contributed by atoms with E-state index in [2.05, 4.69) is 5.32 Å². The van der Waals surface area contributed by atoms with Crippen LogP contribution in [-0.2, 0) is 14.3 Å². The predicted molar refractivity (Wildman–Crippen MR) is 60.6 cm³/mol. The number of ether oxygens (including phenoxy) is 1. The first kappa shape index (κ1) is 15.4. The van der Waals surface area contributed by atoms with E-state index in [1.165, 1.54) is 0 Å². The van der Waals surface area contributed by atoms with Gasteiger partial charge in [0.25, 0.3) is 0 Å². The van der Waals surface area contributed by atoms with Crippen LogP contribution in [0.4, 0.5) is 4.79 Å². The third-order valence-corrected chi connectivity index (χ3v) is 1.94. The number of aliphatic carboxylic acids is 1. The zero-order valence-electron chi connectivity index (χ0n) is 10.5. The normalized spacial score (nSPS) is 14.6. The highest BCUT2D eigenvalue weighted by Crippen LogP contribution is 2.10. The van der Waals surface area contributed by atoms with Crippen LogP contribution in [0.25, 0.3) is 0 Å². The zero-order chi connectivity index (χ0) is 13.6. The lowest BCUT2D eigenvalue weighted by molar-refractivity contribution is -0.138. The van der Waals surface area contributed by atoms with Crippen molar-refractivity contribution in [1.82, 2.24) is 5.32 Å². The molecule has 0 bridgehead atoms. The quantitative estimate of drug-likeness (QED) is 0.710. The molecule has 0 aromatic carbocycles. The van der Waals surface area contributed by atoms with E-state index in [4.69, 9.17) is 9.84 Å². The molecule has 98 valence electrons. The summed E-state index contributed by atoms with van der Waals surface area (Å²) in [4.78, 5) is 32.6. The van der Waals surface area contributed by atoms with Crippen LogP contribution in [0.5, 0.6) is 0 Å². The topological polar surface area (TPSA) is 92.7 Å². The SMILES string of the molecule is CC(CC(=O)O)[C@@H](C=O)NC(=O)OC(C)(C)C. The van der Waals surface area contributed by atoms with Gasteiger partial charge in [-0.15, -0.1) is 0 Å². The van der Waals surface area contributed by atoms with Gasteiger partial charge < -0.3 is 20.0 Å². The number of carbonyl (C=O) groups excluding carboxylic acids is 2. The first-order valence-electron chi connectivity index (χ1n) is 5.32. The molecule has 0 aromatic rings. The third kappa shape index (κ3) is 7.32. The van der Waals surface area contributed by atoms with Gasteiger partial charge in [-0.2, -0.15) is 0 Å². The van der Waals surface area contributed by atoms with E-state index in [0.717, 1.165) is 0 Å². The Balaban J connectivity index is 4.35. The monoisotopic (exact) mass is 245 g/mol. The van der Waals surface area contributed by atoms with Gasteiger partial charge in [-0.05, 0) is 26.7 Å². The average molecular weight is 245 g/mol. The first-order chi connectivity index (χ1) is 7.65. The molecule has 0 aliphatic rings. The molecule has 2 atom stereocenters. The molecule has 0 aliphatic heterocycles. The van der Waals surface area contributed by atoms with E-state index < -0.39 is 29.6 Å². The molecule has 17 heavy (non-hydrogen) atoms. The Bertz CT molecular complexity index is 295. The lowest BCUT2D eigenvalue weighted by atomic mass is 10.00. The molecule has 0 aliphatic carbocycles. The van der Waals surface area contributed by atoms with Gasteiger partial charge in [0.2, 0.25) is 0 Å². The third-order valence-electron chi connectivity index (χ3n) is 1.94. The molecule has 0 aromatic heterocycles. The molecule has 6 heteroatoms. The second-order valence-corrected chi connectivity index (χ2v) is 4.88. The van der Waals surface area contributed by atoms with Crippen molar-refractivity contribution in [1.29, 1.82) is 0 Å². The minimum atomic E-state index is -1.02. The molecule has 2 N–H and O–H groups in total. The van der Waals surface area contributed by atoms with E-state index in [0.29, 0.717) is 6.29 Å². The standard InChI is InChI=1S/C11H19NO5/c1-7(5-9(14)15)8(6-13)12-10(16)17-11(2,3)4/h6-8H,5H2,1-4H3,(H,12,16)(H,14,15)/t7?,8-/m1/s1. The van der Waals surface area contributed by atoms with E-state index in [9.17, 15) is 14.4 Å². The van der Waals surface area contributed by atoms with Crippen molar-refractivity contribution >= 4 is 18.3 Å². The minimum absolute atomic E-state index is 0.195. The van der Waals surface area contributed by atoms with Crippen molar-refractivity contribution in [2.45, 2.75) is 45.8 Å². The molecule has 1 unspecified atom stereocenters. The Hall–Kier alpha value is -1.59. The summed E-state index contributed by atoms with van der Waals surface area (Å²) in [5, 5.41) is 10.9. The van der Waals surface area contributed by atoms with Crippen molar-refractivity contribution in [3.05, 3.63) is 0 Å². The summed E-state index contributed by atoms with van der Waals surface area (Å²) in [6.07, 6.45) is -0.414. The fourth-order valence-electron chi connectivity index (χ4n) is 1.16. The van der Waals surface area contributed by atoms with Gasteiger partial charge in [0, 0.05) is 0 Å². The number of carbonyl (C=O) groups is 3. The number of hydrogen-bond donors (Lipinski definition) is 2. The van der Waals surface area contributed by atoms with Crippen molar-refractivity contribution in [2.24, 2.45) is 5.92 Å². The molecule has 0 rings (SSSR count). The van der Waals surface area contributed by atoms with E-state index in [-0.39, 0.29) is 6.42 Å².